The van der Waals surface area contributed by atoms with Gasteiger partial charge >= 0.3 is 0 Å². The Kier molecular flexibility index (Phi) is 5.13. The fraction of sp³-hybridized carbons (Fsp3) is 0.130. The van der Waals surface area contributed by atoms with E-state index in [0.29, 0.717) is 22.7 Å². The van der Waals surface area contributed by atoms with E-state index in [1.54, 1.807) is 35.2 Å². The molecular weight excluding hydrogens is 372 g/mol. The van der Waals surface area contributed by atoms with Crippen LogP contribution in [0, 0.1) is 0 Å². The average Bonchev–Trinajstić information content (AvgIpc) is 2.73. The van der Waals surface area contributed by atoms with Gasteiger partial charge in [0.05, 0.1) is 0 Å². The molecule has 28 heavy (non-hydrogen) atoms. The van der Waals surface area contributed by atoms with E-state index in [2.05, 4.69) is 5.32 Å². The van der Waals surface area contributed by atoms with Crippen LogP contribution in [-0.4, -0.2) is 18.4 Å². The highest BCUT2D eigenvalue weighted by molar-refractivity contribution is 6.30. The molecule has 0 spiro atoms. The zero-order chi connectivity index (χ0) is 19.5. The van der Waals surface area contributed by atoms with Gasteiger partial charge in [0.2, 0.25) is 0 Å². The largest absolute Gasteiger partial charge is 0.322 e. The fourth-order valence-corrected chi connectivity index (χ4v) is 3.55. The molecule has 5 heteroatoms. The number of para-hydroxylation sites is 1. The van der Waals surface area contributed by atoms with Crippen LogP contribution in [0.25, 0.3) is 0 Å². The highest BCUT2D eigenvalue weighted by atomic mass is 35.5. The lowest BCUT2D eigenvalue weighted by atomic mass is 9.98. The Morgan fingerprint density at radius 3 is 2.36 bits per heavy atom. The topological polar surface area (TPSA) is 49.4 Å². The Labute approximate surface area is 168 Å². The van der Waals surface area contributed by atoms with Gasteiger partial charge in [-0.3, -0.25) is 9.59 Å². The van der Waals surface area contributed by atoms with Gasteiger partial charge < -0.3 is 10.2 Å². The monoisotopic (exact) mass is 390 g/mol. The van der Waals surface area contributed by atoms with Crippen LogP contribution in [0.4, 0.5) is 11.4 Å². The molecule has 2 amide bonds. The summed E-state index contributed by atoms with van der Waals surface area (Å²) in [4.78, 5) is 27.3. The van der Waals surface area contributed by atoms with Crippen molar-refractivity contribution in [3.63, 3.8) is 0 Å². The van der Waals surface area contributed by atoms with E-state index in [1.807, 2.05) is 42.5 Å². The van der Waals surface area contributed by atoms with E-state index in [9.17, 15) is 9.59 Å². The number of hydrogen-bond acceptors (Lipinski definition) is 2. The van der Waals surface area contributed by atoms with Crippen molar-refractivity contribution in [1.82, 2.24) is 0 Å². The zero-order valence-electron chi connectivity index (χ0n) is 15.2. The minimum absolute atomic E-state index is 0.0564. The SMILES string of the molecule is O=C(Nc1ccccc1)c1ccc2c(c1)CCCN2C(=O)c1ccc(Cl)cc1. The summed E-state index contributed by atoms with van der Waals surface area (Å²) in [5.41, 5.74) is 3.81. The van der Waals surface area contributed by atoms with E-state index in [4.69, 9.17) is 11.6 Å². The van der Waals surface area contributed by atoms with Crippen molar-refractivity contribution in [2.45, 2.75) is 12.8 Å². The van der Waals surface area contributed by atoms with Crippen molar-refractivity contribution >= 4 is 34.8 Å². The number of benzene rings is 3. The van der Waals surface area contributed by atoms with Gasteiger partial charge in [0.25, 0.3) is 11.8 Å². The number of hydrogen-bond donors (Lipinski definition) is 1. The van der Waals surface area contributed by atoms with Crippen LogP contribution in [0.2, 0.25) is 5.02 Å². The van der Waals surface area contributed by atoms with Crippen LogP contribution in [0.15, 0.2) is 72.8 Å². The van der Waals surface area contributed by atoms with E-state index >= 15 is 0 Å². The van der Waals surface area contributed by atoms with E-state index in [-0.39, 0.29) is 11.8 Å². The molecule has 3 aromatic rings. The van der Waals surface area contributed by atoms with Crippen LogP contribution in [0.5, 0.6) is 0 Å². The molecule has 0 bridgehead atoms. The van der Waals surface area contributed by atoms with Gasteiger partial charge in [0, 0.05) is 34.1 Å². The molecule has 4 nitrogen and oxygen atoms in total. The quantitative estimate of drug-likeness (QED) is 0.669. The van der Waals surface area contributed by atoms with Crippen molar-refractivity contribution in [2.75, 3.05) is 16.8 Å². The first kappa shape index (κ1) is 18.3. The maximum absolute atomic E-state index is 12.9. The van der Waals surface area contributed by atoms with Crippen molar-refractivity contribution in [2.24, 2.45) is 0 Å². The van der Waals surface area contributed by atoms with Gasteiger partial charge in [-0.05, 0) is 73.0 Å². The number of carbonyl (C=O) groups is 2. The van der Waals surface area contributed by atoms with Crippen LogP contribution >= 0.6 is 11.6 Å². The van der Waals surface area contributed by atoms with Gasteiger partial charge in [-0.15, -0.1) is 0 Å². The summed E-state index contributed by atoms with van der Waals surface area (Å²) >= 11 is 5.93. The Hall–Kier alpha value is -3.11. The number of rotatable bonds is 3. The highest BCUT2D eigenvalue weighted by Crippen LogP contribution is 2.30. The summed E-state index contributed by atoms with van der Waals surface area (Å²) in [5, 5.41) is 3.50. The number of aryl methyl sites for hydroxylation is 1. The molecule has 0 aliphatic carbocycles. The molecular formula is C23H19ClN2O2. The van der Waals surface area contributed by atoms with Gasteiger partial charge in [0.1, 0.15) is 0 Å². The molecule has 0 atom stereocenters. The third-order valence-electron chi connectivity index (χ3n) is 4.83. The lowest BCUT2D eigenvalue weighted by molar-refractivity contribution is 0.0984. The summed E-state index contributed by atoms with van der Waals surface area (Å²) in [7, 11) is 0. The number of nitrogens with zero attached hydrogens (tertiary/aromatic N) is 1. The number of nitrogens with one attached hydrogen (secondary N) is 1. The van der Waals surface area contributed by atoms with Crippen molar-refractivity contribution in [1.29, 1.82) is 0 Å². The number of amides is 2. The zero-order valence-corrected chi connectivity index (χ0v) is 15.9. The van der Waals surface area contributed by atoms with E-state index in [0.717, 1.165) is 29.8 Å². The molecule has 0 fully saturated rings. The van der Waals surface area contributed by atoms with E-state index < -0.39 is 0 Å². The average molecular weight is 391 g/mol. The Morgan fingerprint density at radius 1 is 0.893 bits per heavy atom. The first-order chi connectivity index (χ1) is 13.6. The molecule has 1 aliphatic rings. The van der Waals surface area contributed by atoms with Crippen LogP contribution in [0.3, 0.4) is 0 Å². The molecule has 0 aromatic heterocycles. The first-order valence-electron chi connectivity index (χ1n) is 9.18. The second-order valence-corrected chi connectivity index (χ2v) is 7.17. The standard InChI is InChI=1S/C23H19ClN2O2/c24-19-11-8-16(9-12-19)23(28)26-14-4-5-17-15-18(10-13-21(17)26)22(27)25-20-6-2-1-3-7-20/h1-3,6-13,15H,4-5,14H2,(H,25,27). The normalized spacial score (nSPS) is 13.0. The number of fused-ring (bicyclic) bond motifs is 1. The summed E-state index contributed by atoms with van der Waals surface area (Å²) in [6.45, 7) is 0.657. The van der Waals surface area contributed by atoms with Crippen molar-refractivity contribution < 1.29 is 9.59 Å². The van der Waals surface area contributed by atoms with Crippen molar-refractivity contribution in [3.8, 4) is 0 Å². The second-order valence-electron chi connectivity index (χ2n) is 6.73. The van der Waals surface area contributed by atoms with Crippen LogP contribution < -0.4 is 10.2 Å². The van der Waals surface area contributed by atoms with Gasteiger partial charge in [-0.1, -0.05) is 29.8 Å². The lowest BCUT2D eigenvalue weighted by Crippen LogP contribution is -2.35. The summed E-state index contributed by atoms with van der Waals surface area (Å²) < 4.78 is 0. The number of halogens is 1. The summed E-state index contributed by atoms with van der Waals surface area (Å²) in [6.07, 6.45) is 1.70. The Balaban J connectivity index is 1.58. The van der Waals surface area contributed by atoms with E-state index in [1.165, 1.54) is 0 Å². The maximum Gasteiger partial charge on any atom is 0.258 e. The minimum Gasteiger partial charge on any atom is -0.322 e. The maximum atomic E-state index is 12.9. The summed E-state index contributed by atoms with van der Waals surface area (Å²) in [5.74, 6) is -0.214. The van der Waals surface area contributed by atoms with Gasteiger partial charge in [-0.2, -0.15) is 0 Å². The minimum atomic E-state index is -0.157. The lowest BCUT2D eigenvalue weighted by Gasteiger charge is -2.30. The molecule has 3 aromatic carbocycles. The molecule has 1 heterocycles. The molecule has 1 N–H and O–H groups in total. The highest BCUT2D eigenvalue weighted by Gasteiger charge is 2.24. The predicted octanol–water partition coefficient (Wildman–Crippen LogP) is 5.19. The van der Waals surface area contributed by atoms with Crippen LogP contribution in [0.1, 0.15) is 32.7 Å². The van der Waals surface area contributed by atoms with Crippen LogP contribution in [-0.2, 0) is 6.42 Å². The Morgan fingerprint density at radius 2 is 1.61 bits per heavy atom. The molecule has 0 radical (unpaired) electrons. The van der Waals surface area contributed by atoms with Gasteiger partial charge in [-0.25, -0.2) is 0 Å². The number of carbonyl (C=O) groups excluding carboxylic acids is 2. The molecule has 140 valence electrons. The third kappa shape index (κ3) is 3.78. The molecule has 0 saturated carbocycles. The fourth-order valence-electron chi connectivity index (χ4n) is 3.42. The third-order valence-corrected chi connectivity index (χ3v) is 5.08. The number of anilines is 2. The molecule has 4 rings (SSSR count). The molecule has 0 saturated heterocycles. The first-order valence-corrected chi connectivity index (χ1v) is 9.56. The summed E-state index contributed by atoms with van der Waals surface area (Å²) in [6, 6.07) is 21.8. The smallest absolute Gasteiger partial charge is 0.258 e. The van der Waals surface area contributed by atoms with Gasteiger partial charge in [0.15, 0.2) is 0 Å². The predicted molar refractivity (Wildman–Crippen MR) is 112 cm³/mol. The Bertz CT molecular complexity index is 1020. The second kappa shape index (κ2) is 7.87. The molecule has 0 unspecified atom stereocenters. The van der Waals surface area contributed by atoms with Crippen molar-refractivity contribution in [3.05, 3.63) is 94.5 Å². The molecule has 1 aliphatic heterocycles.